The fraction of sp³-hybridized carbons (Fsp3) is 0.273. The van der Waals surface area contributed by atoms with Crippen molar-refractivity contribution in [2.45, 2.75) is 12.5 Å². The monoisotopic (exact) mass is 399 g/mol. The summed E-state index contributed by atoms with van der Waals surface area (Å²) in [5.41, 5.74) is 0.885. The van der Waals surface area contributed by atoms with Crippen molar-refractivity contribution in [2.75, 3.05) is 20.3 Å². The summed E-state index contributed by atoms with van der Waals surface area (Å²) >= 11 is 0. The number of hydrogen-bond acceptors (Lipinski definition) is 4. The number of rotatable bonds is 2. The lowest BCUT2D eigenvalue weighted by molar-refractivity contribution is 0.112. The summed E-state index contributed by atoms with van der Waals surface area (Å²) < 4.78 is 18.4. The second-order valence-corrected chi connectivity index (χ2v) is 6.03. The Morgan fingerprint density at radius 3 is 2.41 bits per heavy atom. The van der Waals surface area contributed by atoms with Gasteiger partial charge in [0.2, 0.25) is 0 Å². The SMILES string of the molecule is C#C.CNC1CCOC1.Cn1cc(C=O)c2cc[nH]c2c1=O.Fc1ccccc1. The Kier molecular flexibility index (Phi) is 10.7. The van der Waals surface area contributed by atoms with Gasteiger partial charge in [-0.25, -0.2) is 4.39 Å². The van der Waals surface area contributed by atoms with Gasteiger partial charge in [0.25, 0.3) is 5.56 Å². The van der Waals surface area contributed by atoms with Crippen LogP contribution in [0.15, 0.2) is 53.6 Å². The number of fused-ring (bicyclic) bond motifs is 1. The molecule has 1 aromatic carbocycles. The lowest BCUT2D eigenvalue weighted by atomic mass is 10.2. The van der Waals surface area contributed by atoms with Gasteiger partial charge in [0.1, 0.15) is 11.3 Å². The Balaban J connectivity index is 0.000000225. The average Bonchev–Trinajstić information content (AvgIpc) is 3.46. The van der Waals surface area contributed by atoms with Crippen molar-refractivity contribution in [3.8, 4) is 12.8 Å². The van der Waals surface area contributed by atoms with Crippen molar-refractivity contribution in [1.29, 1.82) is 0 Å². The first-order valence-corrected chi connectivity index (χ1v) is 8.97. The van der Waals surface area contributed by atoms with Gasteiger partial charge in [-0.2, -0.15) is 0 Å². The Hall–Kier alpha value is -3.21. The predicted molar refractivity (Wildman–Crippen MR) is 114 cm³/mol. The van der Waals surface area contributed by atoms with Crippen LogP contribution >= 0.6 is 0 Å². The zero-order chi connectivity index (χ0) is 21.6. The standard InChI is InChI=1S/C9H8N2O2.C6H5F.C5H11NO.C2H2/c1-11-4-6(5-12)7-2-3-10-8(7)9(11)13;7-6-4-2-1-3-5-6;1-6-5-2-3-7-4-5;1-2/h2-5,10H,1H3;1-5H;5-6H,2-4H2,1H3;1-2H. The van der Waals surface area contributed by atoms with Crippen molar-refractivity contribution >= 4 is 17.2 Å². The summed E-state index contributed by atoms with van der Waals surface area (Å²) in [6.07, 6.45) is 13.1. The molecule has 1 atom stereocenters. The number of terminal acetylenes is 1. The molecule has 1 aliphatic rings. The fourth-order valence-electron chi connectivity index (χ4n) is 2.57. The number of likely N-dealkylation sites (N-methyl/N-ethyl adjacent to an activating group) is 1. The summed E-state index contributed by atoms with van der Waals surface area (Å²) in [6.45, 7) is 1.84. The first kappa shape index (κ1) is 23.8. The molecule has 0 radical (unpaired) electrons. The number of nitrogens with zero attached hydrogens (tertiary/aromatic N) is 1. The number of aromatic amines is 1. The smallest absolute Gasteiger partial charge is 0.274 e. The molecule has 1 saturated heterocycles. The van der Waals surface area contributed by atoms with E-state index in [1.54, 1.807) is 37.5 Å². The number of carbonyl (C=O) groups is 1. The van der Waals surface area contributed by atoms with Gasteiger partial charge in [-0.3, -0.25) is 9.59 Å². The van der Waals surface area contributed by atoms with Crippen molar-refractivity contribution in [3.63, 3.8) is 0 Å². The molecule has 3 aromatic rings. The normalized spacial score (nSPS) is 14.4. The summed E-state index contributed by atoms with van der Waals surface area (Å²) in [7, 11) is 3.59. The molecule has 154 valence electrons. The molecule has 4 rings (SSSR count). The first-order valence-electron chi connectivity index (χ1n) is 8.97. The number of carbonyl (C=O) groups excluding carboxylic acids is 1. The highest BCUT2D eigenvalue weighted by Gasteiger charge is 2.11. The van der Waals surface area contributed by atoms with Gasteiger partial charge >= 0.3 is 0 Å². The molecule has 0 saturated carbocycles. The van der Waals surface area contributed by atoms with Crippen LogP contribution in [0.2, 0.25) is 0 Å². The van der Waals surface area contributed by atoms with Crippen LogP contribution in [0.5, 0.6) is 0 Å². The molecule has 0 amide bonds. The minimum Gasteiger partial charge on any atom is -0.380 e. The van der Waals surface area contributed by atoms with Crippen LogP contribution in [0, 0.1) is 18.7 Å². The highest BCUT2D eigenvalue weighted by atomic mass is 19.1. The van der Waals surface area contributed by atoms with Gasteiger partial charge in [0.15, 0.2) is 6.29 Å². The van der Waals surface area contributed by atoms with E-state index in [1.165, 1.54) is 29.3 Å². The average molecular weight is 399 g/mol. The largest absolute Gasteiger partial charge is 0.380 e. The maximum Gasteiger partial charge on any atom is 0.274 e. The second-order valence-electron chi connectivity index (χ2n) is 6.03. The predicted octanol–water partition coefficient (Wildman–Crippen LogP) is 2.75. The van der Waals surface area contributed by atoms with E-state index in [4.69, 9.17) is 4.74 Å². The molecular formula is C22H26FN3O3. The molecule has 2 aromatic heterocycles. The number of hydrogen-bond donors (Lipinski definition) is 2. The van der Waals surface area contributed by atoms with E-state index in [0.717, 1.165) is 19.5 Å². The molecule has 1 aliphatic heterocycles. The lowest BCUT2D eigenvalue weighted by Crippen LogP contribution is -2.24. The van der Waals surface area contributed by atoms with Crippen LogP contribution in [0.4, 0.5) is 4.39 Å². The molecule has 29 heavy (non-hydrogen) atoms. The number of aldehydes is 1. The molecule has 0 bridgehead atoms. The molecule has 0 spiro atoms. The van der Waals surface area contributed by atoms with Gasteiger partial charge in [-0.05, 0) is 31.7 Å². The minimum absolute atomic E-state index is 0.120. The van der Waals surface area contributed by atoms with Gasteiger partial charge in [-0.15, -0.1) is 12.8 Å². The lowest BCUT2D eigenvalue weighted by Gasteiger charge is -2.01. The number of pyridine rings is 1. The van der Waals surface area contributed by atoms with E-state index < -0.39 is 0 Å². The molecular weight excluding hydrogens is 373 g/mol. The molecule has 7 heteroatoms. The first-order chi connectivity index (χ1) is 14.1. The minimum atomic E-state index is -0.178. The maximum atomic E-state index is 11.9. The number of aromatic nitrogens is 2. The van der Waals surface area contributed by atoms with E-state index in [2.05, 4.69) is 23.1 Å². The zero-order valence-electron chi connectivity index (χ0n) is 16.6. The molecule has 3 heterocycles. The number of ether oxygens (including phenoxy) is 1. The summed E-state index contributed by atoms with van der Waals surface area (Å²) in [4.78, 5) is 24.9. The Labute approximate surface area is 169 Å². The number of nitrogens with one attached hydrogen (secondary N) is 2. The van der Waals surface area contributed by atoms with Crippen LogP contribution < -0.4 is 10.9 Å². The Morgan fingerprint density at radius 2 is 1.97 bits per heavy atom. The van der Waals surface area contributed by atoms with Crippen molar-refractivity contribution in [1.82, 2.24) is 14.9 Å². The maximum absolute atomic E-state index is 11.9. The number of benzene rings is 1. The van der Waals surface area contributed by atoms with Crippen LogP contribution in [0.25, 0.3) is 10.9 Å². The molecule has 6 nitrogen and oxygen atoms in total. The van der Waals surface area contributed by atoms with Crippen molar-refractivity contribution < 1.29 is 13.9 Å². The van der Waals surface area contributed by atoms with E-state index in [1.807, 2.05) is 7.05 Å². The summed E-state index contributed by atoms with van der Waals surface area (Å²) in [6, 6.07) is 10.3. The number of aryl methyl sites for hydroxylation is 1. The number of halogens is 1. The third-order valence-electron chi connectivity index (χ3n) is 4.12. The molecule has 2 N–H and O–H groups in total. The van der Waals surface area contributed by atoms with Gasteiger partial charge in [-0.1, -0.05) is 18.2 Å². The van der Waals surface area contributed by atoms with Gasteiger partial charge < -0.3 is 19.6 Å². The topological polar surface area (TPSA) is 76.1 Å². The van der Waals surface area contributed by atoms with Gasteiger partial charge in [0, 0.05) is 43.0 Å². The van der Waals surface area contributed by atoms with Crippen LogP contribution in [-0.4, -0.2) is 42.1 Å². The van der Waals surface area contributed by atoms with Gasteiger partial charge in [0.05, 0.1) is 6.61 Å². The van der Waals surface area contributed by atoms with E-state index in [9.17, 15) is 14.0 Å². The Morgan fingerprint density at radius 1 is 1.28 bits per heavy atom. The van der Waals surface area contributed by atoms with Crippen molar-refractivity contribution in [3.05, 3.63) is 70.5 Å². The Bertz CT molecular complexity index is 942. The highest BCUT2D eigenvalue weighted by Crippen LogP contribution is 2.11. The molecule has 0 aliphatic carbocycles. The van der Waals surface area contributed by atoms with Crippen LogP contribution in [0.1, 0.15) is 16.8 Å². The van der Waals surface area contributed by atoms with Crippen LogP contribution in [0.3, 0.4) is 0 Å². The van der Waals surface area contributed by atoms with E-state index >= 15 is 0 Å². The fourth-order valence-corrected chi connectivity index (χ4v) is 2.57. The third kappa shape index (κ3) is 7.37. The van der Waals surface area contributed by atoms with Crippen molar-refractivity contribution in [2.24, 2.45) is 7.05 Å². The van der Waals surface area contributed by atoms with Crippen LogP contribution in [-0.2, 0) is 11.8 Å². The second kappa shape index (κ2) is 13.0. The molecule has 1 fully saturated rings. The van der Waals surface area contributed by atoms with E-state index in [-0.39, 0.29) is 11.4 Å². The quantitative estimate of drug-likeness (QED) is 0.513. The third-order valence-corrected chi connectivity index (χ3v) is 4.12. The highest BCUT2D eigenvalue weighted by molar-refractivity contribution is 5.95. The van der Waals surface area contributed by atoms with E-state index in [0.29, 0.717) is 22.5 Å². The number of H-pyrrole nitrogens is 1. The summed E-state index contributed by atoms with van der Waals surface area (Å²) in [5.74, 6) is -0.178. The summed E-state index contributed by atoms with van der Waals surface area (Å²) in [5, 5.41) is 3.82. The molecule has 1 unspecified atom stereocenters. The zero-order valence-corrected chi connectivity index (χ0v) is 16.6.